The van der Waals surface area contributed by atoms with Crippen LogP contribution >= 0.6 is 59.1 Å². The quantitative estimate of drug-likeness (QED) is 0.643. The standard InChI is InChI=1S/C12H9Br3FNS/c1-17-11(10-5-8(14)12(15)18-10)6-2-3-9(16)7(13)4-6/h2-5,11,17H,1H3. The summed E-state index contributed by atoms with van der Waals surface area (Å²) in [6, 6.07) is 7.18. The van der Waals surface area contributed by atoms with Gasteiger partial charge in [0.2, 0.25) is 0 Å². The second kappa shape index (κ2) is 6.13. The van der Waals surface area contributed by atoms with Crippen molar-refractivity contribution in [3.63, 3.8) is 0 Å². The van der Waals surface area contributed by atoms with Crippen molar-refractivity contribution in [3.8, 4) is 0 Å². The molecule has 1 aromatic carbocycles. The Hall–Kier alpha value is 0.250. The van der Waals surface area contributed by atoms with Crippen LogP contribution in [0.25, 0.3) is 0 Å². The minimum atomic E-state index is -0.248. The third-order valence-corrected chi connectivity index (χ3v) is 6.44. The van der Waals surface area contributed by atoms with E-state index in [1.807, 2.05) is 7.05 Å². The minimum Gasteiger partial charge on any atom is -0.309 e. The Balaban J connectivity index is 2.41. The Morgan fingerprint density at radius 3 is 2.39 bits per heavy atom. The van der Waals surface area contributed by atoms with Crippen LogP contribution in [-0.2, 0) is 0 Å². The summed E-state index contributed by atoms with van der Waals surface area (Å²) in [6.45, 7) is 0. The Labute approximate surface area is 134 Å². The van der Waals surface area contributed by atoms with Crippen molar-refractivity contribution in [2.45, 2.75) is 6.04 Å². The normalized spacial score (nSPS) is 12.7. The summed E-state index contributed by atoms with van der Waals surface area (Å²) >= 11 is 11.8. The molecule has 0 saturated heterocycles. The third-order valence-electron chi connectivity index (χ3n) is 2.51. The van der Waals surface area contributed by atoms with Crippen molar-refractivity contribution < 1.29 is 4.39 Å². The van der Waals surface area contributed by atoms with E-state index in [1.165, 1.54) is 6.07 Å². The summed E-state index contributed by atoms with van der Waals surface area (Å²) in [4.78, 5) is 1.16. The van der Waals surface area contributed by atoms with Crippen LogP contribution in [0, 0.1) is 5.82 Å². The zero-order valence-electron chi connectivity index (χ0n) is 9.31. The molecule has 96 valence electrons. The molecule has 6 heteroatoms. The fraction of sp³-hybridized carbons (Fsp3) is 0.167. The highest BCUT2D eigenvalue weighted by Gasteiger charge is 2.17. The number of benzene rings is 1. The number of halogens is 4. The van der Waals surface area contributed by atoms with Gasteiger partial charge in [-0.25, -0.2) is 4.39 Å². The number of rotatable bonds is 3. The molecule has 1 unspecified atom stereocenters. The van der Waals surface area contributed by atoms with Gasteiger partial charge in [0.25, 0.3) is 0 Å². The molecule has 0 fully saturated rings. The Morgan fingerprint density at radius 1 is 1.17 bits per heavy atom. The van der Waals surface area contributed by atoms with Crippen LogP contribution in [0.4, 0.5) is 4.39 Å². The lowest BCUT2D eigenvalue weighted by molar-refractivity contribution is 0.617. The maximum Gasteiger partial charge on any atom is 0.137 e. The van der Waals surface area contributed by atoms with Gasteiger partial charge in [-0.3, -0.25) is 0 Å². The number of hydrogen-bond acceptors (Lipinski definition) is 2. The molecule has 0 spiro atoms. The molecular weight excluding hydrogens is 449 g/mol. The van der Waals surface area contributed by atoms with Crippen LogP contribution in [0.5, 0.6) is 0 Å². The molecule has 0 bridgehead atoms. The Morgan fingerprint density at radius 2 is 1.89 bits per heavy atom. The van der Waals surface area contributed by atoms with Gasteiger partial charge in [0.1, 0.15) is 5.82 Å². The van der Waals surface area contributed by atoms with Crippen molar-refractivity contribution in [3.05, 3.63) is 53.3 Å². The van der Waals surface area contributed by atoms with Gasteiger partial charge in [0.05, 0.1) is 14.3 Å². The molecule has 1 atom stereocenters. The highest BCUT2D eigenvalue weighted by molar-refractivity contribution is 9.13. The molecule has 1 N–H and O–H groups in total. The van der Waals surface area contributed by atoms with E-state index in [0.29, 0.717) is 4.47 Å². The molecule has 0 saturated carbocycles. The van der Waals surface area contributed by atoms with Crippen molar-refractivity contribution in [1.82, 2.24) is 5.32 Å². The zero-order valence-corrected chi connectivity index (χ0v) is 14.9. The van der Waals surface area contributed by atoms with E-state index in [0.717, 1.165) is 18.7 Å². The third kappa shape index (κ3) is 3.04. The average molecular weight is 458 g/mol. The van der Waals surface area contributed by atoms with Gasteiger partial charge >= 0.3 is 0 Å². The van der Waals surface area contributed by atoms with Gasteiger partial charge in [-0.1, -0.05) is 6.07 Å². The molecule has 0 amide bonds. The predicted octanol–water partition coefficient (Wildman–Crippen LogP) is 5.48. The maximum absolute atomic E-state index is 13.3. The molecule has 0 aliphatic carbocycles. The van der Waals surface area contributed by atoms with Gasteiger partial charge in [0, 0.05) is 9.35 Å². The molecule has 18 heavy (non-hydrogen) atoms. The molecule has 1 aromatic heterocycles. The van der Waals surface area contributed by atoms with Crippen LogP contribution in [-0.4, -0.2) is 7.05 Å². The van der Waals surface area contributed by atoms with Crippen LogP contribution in [0.3, 0.4) is 0 Å². The highest BCUT2D eigenvalue weighted by Crippen LogP contribution is 2.38. The predicted molar refractivity (Wildman–Crippen MR) is 84.7 cm³/mol. The summed E-state index contributed by atoms with van der Waals surface area (Å²) in [5.74, 6) is -0.248. The molecule has 1 nitrogen and oxygen atoms in total. The molecule has 2 rings (SSSR count). The summed E-state index contributed by atoms with van der Waals surface area (Å²) in [7, 11) is 1.89. The van der Waals surface area contributed by atoms with Crippen molar-refractivity contribution in [1.29, 1.82) is 0 Å². The second-order valence-electron chi connectivity index (χ2n) is 3.67. The van der Waals surface area contributed by atoms with E-state index in [1.54, 1.807) is 23.5 Å². The number of nitrogens with one attached hydrogen (secondary N) is 1. The van der Waals surface area contributed by atoms with Gasteiger partial charge in [-0.15, -0.1) is 11.3 Å². The molecule has 2 aromatic rings. The van der Waals surface area contributed by atoms with Gasteiger partial charge < -0.3 is 5.32 Å². The first-order valence-corrected chi connectivity index (χ1v) is 8.29. The van der Waals surface area contributed by atoms with E-state index in [-0.39, 0.29) is 11.9 Å². The fourth-order valence-corrected chi connectivity index (χ4v) is 4.30. The van der Waals surface area contributed by atoms with E-state index < -0.39 is 0 Å². The fourth-order valence-electron chi connectivity index (χ4n) is 1.67. The van der Waals surface area contributed by atoms with Crippen molar-refractivity contribution in [2.24, 2.45) is 0 Å². The molecule has 1 heterocycles. The summed E-state index contributed by atoms with van der Waals surface area (Å²) in [6.07, 6.45) is 0. The lowest BCUT2D eigenvalue weighted by Gasteiger charge is -2.15. The van der Waals surface area contributed by atoms with E-state index in [9.17, 15) is 4.39 Å². The van der Waals surface area contributed by atoms with Crippen LogP contribution in [0.2, 0.25) is 0 Å². The van der Waals surface area contributed by atoms with Gasteiger partial charge in [-0.05, 0) is 78.6 Å². The van der Waals surface area contributed by atoms with Crippen LogP contribution < -0.4 is 5.32 Å². The van der Waals surface area contributed by atoms with Crippen LogP contribution in [0.15, 0.2) is 37.0 Å². The first kappa shape index (κ1) is 14.7. The second-order valence-corrected chi connectivity index (χ2v) is 7.78. The SMILES string of the molecule is CNC(c1ccc(F)c(Br)c1)c1cc(Br)c(Br)s1. The van der Waals surface area contributed by atoms with E-state index >= 15 is 0 Å². The Kier molecular flexibility index (Phi) is 4.99. The molecule has 0 radical (unpaired) electrons. The smallest absolute Gasteiger partial charge is 0.137 e. The Bertz CT molecular complexity index is 551. The van der Waals surface area contributed by atoms with Crippen molar-refractivity contribution >= 4 is 59.1 Å². The summed E-state index contributed by atoms with van der Waals surface area (Å²) < 4.78 is 15.8. The lowest BCUT2D eigenvalue weighted by Crippen LogP contribution is -2.16. The number of hydrogen-bond donors (Lipinski definition) is 1. The first-order valence-electron chi connectivity index (χ1n) is 5.10. The van der Waals surface area contributed by atoms with Crippen molar-refractivity contribution in [2.75, 3.05) is 7.05 Å². The van der Waals surface area contributed by atoms with Gasteiger partial charge in [-0.2, -0.15) is 0 Å². The van der Waals surface area contributed by atoms with E-state index in [4.69, 9.17) is 0 Å². The highest BCUT2D eigenvalue weighted by atomic mass is 79.9. The van der Waals surface area contributed by atoms with Gasteiger partial charge in [0.15, 0.2) is 0 Å². The molecule has 0 aliphatic rings. The summed E-state index contributed by atoms with van der Waals surface area (Å²) in [5.41, 5.74) is 1.02. The topological polar surface area (TPSA) is 12.0 Å². The zero-order chi connectivity index (χ0) is 13.3. The minimum absolute atomic E-state index is 0.0505. The maximum atomic E-state index is 13.3. The first-order chi connectivity index (χ1) is 8.52. The summed E-state index contributed by atoms with van der Waals surface area (Å²) in [5, 5.41) is 3.25. The molecular formula is C12H9Br3FNS. The largest absolute Gasteiger partial charge is 0.309 e. The average Bonchev–Trinajstić information content (AvgIpc) is 2.65. The monoisotopic (exact) mass is 455 g/mol. The van der Waals surface area contributed by atoms with E-state index in [2.05, 4.69) is 59.2 Å². The number of thiophene rings is 1. The van der Waals surface area contributed by atoms with Crippen LogP contribution in [0.1, 0.15) is 16.5 Å². The molecule has 0 aliphatic heterocycles. The lowest BCUT2D eigenvalue weighted by atomic mass is 10.1.